The third-order valence-electron chi connectivity index (χ3n) is 4.66. The Morgan fingerprint density at radius 3 is 2.38 bits per heavy atom. The summed E-state index contributed by atoms with van der Waals surface area (Å²) in [4.78, 5) is 0. The van der Waals surface area contributed by atoms with Crippen LogP contribution in [0.2, 0.25) is 0 Å². The molecule has 0 spiro atoms. The summed E-state index contributed by atoms with van der Waals surface area (Å²) < 4.78 is 6.09. The summed E-state index contributed by atoms with van der Waals surface area (Å²) in [5.41, 5.74) is 4.03. The second kappa shape index (κ2) is 4.91. The van der Waals surface area contributed by atoms with Gasteiger partial charge in [-0.3, -0.25) is 0 Å². The Labute approximate surface area is 128 Å². The number of rotatable bonds is 2. The number of fused-ring (bicyclic) bond motifs is 1. The summed E-state index contributed by atoms with van der Waals surface area (Å²) in [5, 5.41) is 0. The van der Waals surface area contributed by atoms with Gasteiger partial charge in [-0.05, 0) is 49.4 Å². The van der Waals surface area contributed by atoms with Gasteiger partial charge < -0.3 is 4.74 Å². The van der Waals surface area contributed by atoms with Crippen molar-refractivity contribution in [3.05, 3.63) is 65.2 Å². The average molecular weight is 280 g/mol. The highest BCUT2D eigenvalue weighted by Gasteiger charge is 2.29. The zero-order valence-electron chi connectivity index (χ0n) is 13.4. The zero-order valence-corrected chi connectivity index (χ0v) is 13.4. The van der Waals surface area contributed by atoms with E-state index in [-0.39, 0.29) is 11.0 Å². The molecule has 1 nitrogen and oxygen atoms in total. The van der Waals surface area contributed by atoms with Crippen molar-refractivity contribution in [3.63, 3.8) is 0 Å². The summed E-state index contributed by atoms with van der Waals surface area (Å²) in [6.45, 7) is 8.91. The topological polar surface area (TPSA) is 9.23 Å². The lowest BCUT2D eigenvalue weighted by Crippen LogP contribution is -2.32. The summed E-state index contributed by atoms with van der Waals surface area (Å²) in [5.74, 6) is 1.05. The van der Waals surface area contributed by atoms with E-state index < -0.39 is 0 Å². The Bertz CT molecular complexity index is 638. The second-order valence-corrected chi connectivity index (χ2v) is 7.18. The van der Waals surface area contributed by atoms with Crippen molar-refractivity contribution in [2.24, 2.45) is 0 Å². The van der Waals surface area contributed by atoms with Gasteiger partial charge in [0.15, 0.2) is 0 Å². The van der Waals surface area contributed by atoms with Crippen molar-refractivity contribution in [2.45, 2.75) is 51.6 Å². The fourth-order valence-electron chi connectivity index (χ4n) is 3.07. The van der Waals surface area contributed by atoms with Crippen LogP contribution in [-0.2, 0) is 11.8 Å². The van der Waals surface area contributed by atoms with E-state index in [0.717, 1.165) is 18.6 Å². The maximum atomic E-state index is 6.09. The molecule has 1 aliphatic rings. The molecule has 0 saturated carbocycles. The Balaban J connectivity index is 1.98. The van der Waals surface area contributed by atoms with Crippen LogP contribution in [0.1, 0.15) is 50.8 Å². The molecule has 0 radical (unpaired) electrons. The molecule has 0 bridgehead atoms. The van der Waals surface area contributed by atoms with Crippen LogP contribution in [0.4, 0.5) is 0 Å². The number of ether oxygens (including phenoxy) is 1. The van der Waals surface area contributed by atoms with E-state index in [4.69, 9.17) is 4.74 Å². The van der Waals surface area contributed by atoms with Gasteiger partial charge in [0.2, 0.25) is 0 Å². The van der Waals surface area contributed by atoms with Crippen molar-refractivity contribution in [1.29, 1.82) is 0 Å². The quantitative estimate of drug-likeness (QED) is 0.742. The van der Waals surface area contributed by atoms with E-state index in [0.29, 0.717) is 0 Å². The normalized spacial score (nSPS) is 17.0. The van der Waals surface area contributed by atoms with Crippen molar-refractivity contribution in [2.75, 3.05) is 0 Å². The van der Waals surface area contributed by atoms with Gasteiger partial charge in [0.05, 0.1) is 0 Å². The highest BCUT2D eigenvalue weighted by Crippen LogP contribution is 2.38. The van der Waals surface area contributed by atoms with Crippen LogP contribution < -0.4 is 4.74 Å². The molecule has 0 aromatic heterocycles. The van der Waals surface area contributed by atoms with E-state index in [1.807, 2.05) is 0 Å². The molecule has 0 amide bonds. The van der Waals surface area contributed by atoms with Crippen molar-refractivity contribution >= 4 is 0 Å². The van der Waals surface area contributed by atoms with E-state index in [1.54, 1.807) is 0 Å². The van der Waals surface area contributed by atoms with Crippen molar-refractivity contribution in [3.8, 4) is 5.75 Å². The molecule has 1 aliphatic heterocycles. The van der Waals surface area contributed by atoms with Gasteiger partial charge in [0.25, 0.3) is 0 Å². The Morgan fingerprint density at radius 2 is 1.67 bits per heavy atom. The number of hydrogen-bond acceptors (Lipinski definition) is 1. The molecule has 3 rings (SSSR count). The van der Waals surface area contributed by atoms with E-state index >= 15 is 0 Å². The Hall–Kier alpha value is -1.76. The summed E-state index contributed by atoms with van der Waals surface area (Å²) in [6, 6.07) is 17.4. The van der Waals surface area contributed by atoms with E-state index in [9.17, 15) is 0 Å². The molecule has 21 heavy (non-hydrogen) atoms. The third-order valence-corrected chi connectivity index (χ3v) is 4.66. The minimum atomic E-state index is -0.0382. The van der Waals surface area contributed by atoms with Crippen LogP contribution >= 0.6 is 0 Å². The fraction of sp³-hybridized carbons (Fsp3) is 0.400. The van der Waals surface area contributed by atoms with Crippen LogP contribution in [0, 0.1) is 0 Å². The predicted molar refractivity (Wildman–Crippen MR) is 88.0 cm³/mol. The first-order chi connectivity index (χ1) is 9.88. The molecule has 0 unspecified atom stereocenters. The zero-order chi connectivity index (χ0) is 15.1. The smallest absolute Gasteiger partial charge is 0.123 e. The van der Waals surface area contributed by atoms with Gasteiger partial charge in [-0.15, -0.1) is 0 Å². The van der Waals surface area contributed by atoms with Gasteiger partial charge in [0, 0.05) is 5.41 Å². The first-order valence-corrected chi connectivity index (χ1v) is 7.76. The number of hydrogen-bond donors (Lipinski definition) is 0. The number of aryl methyl sites for hydroxylation is 1. The fourth-order valence-corrected chi connectivity index (χ4v) is 3.07. The lowest BCUT2D eigenvalue weighted by Gasteiger charge is -2.34. The first-order valence-electron chi connectivity index (χ1n) is 7.76. The maximum Gasteiger partial charge on any atom is 0.123 e. The molecular formula is C20H24O. The first kappa shape index (κ1) is 14.2. The van der Waals surface area contributed by atoms with Gasteiger partial charge in [0.1, 0.15) is 11.4 Å². The Kier molecular flexibility index (Phi) is 3.32. The third kappa shape index (κ3) is 2.70. The standard InChI is InChI=1S/C20H24O/c1-19(2)13-12-15-14-17(10-11-18(15)21-19)20(3,4)16-8-6-5-7-9-16/h5-11,14H,12-13H2,1-4H3. The summed E-state index contributed by atoms with van der Waals surface area (Å²) >= 11 is 0. The molecule has 0 fully saturated rings. The highest BCUT2D eigenvalue weighted by atomic mass is 16.5. The molecule has 1 heterocycles. The van der Waals surface area contributed by atoms with Crippen LogP contribution in [0.3, 0.4) is 0 Å². The molecule has 2 aromatic carbocycles. The molecule has 1 heteroatoms. The summed E-state index contributed by atoms with van der Waals surface area (Å²) in [6.07, 6.45) is 2.18. The van der Waals surface area contributed by atoms with Gasteiger partial charge in [-0.2, -0.15) is 0 Å². The molecule has 110 valence electrons. The predicted octanol–water partition coefficient (Wildman–Crippen LogP) is 5.12. The molecule has 0 saturated heterocycles. The Morgan fingerprint density at radius 1 is 0.952 bits per heavy atom. The van der Waals surface area contributed by atoms with Crippen molar-refractivity contribution in [1.82, 2.24) is 0 Å². The average Bonchev–Trinajstić information content (AvgIpc) is 2.46. The van der Waals surface area contributed by atoms with Crippen LogP contribution in [0.5, 0.6) is 5.75 Å². The van der Waals surface area contributed by atoms with E-state index in [2.05, 4.69) is 76.2 Å². The molecule has 0 aliphatic carbocycles. The lowest BCUT2D eigenvalue weighted by molar-refractivity contribution is 0.0846. The molecule has 0 atom stereocenters. The number of benzene rings is 2. The van der Waals surface area contributed by atoms with Crippen molar-refractivity contribution < 1.29 is 4.74 Å². The van der Waals surface area contributed by atoms with Crippen LogP contribution in [0.25, 0.3) is 0 Å². The largest absolute Gasteiger partial charge is 0.488 e. The van der Waals surface area contributed by atoms with Gasteiger partial charge >= 0.3 is 0 Å². The SMILES string of the molecule is CC1(C)CCc2cc(C(C)(C)c3ccccc3)ccc2O1. The maximum absolute atomic E-state index is 6.09. The summed E-state index contributed by atoms with van der Waals surface area (Å²) in [7, 11) is 0. The highest BCUT2D eigenvalue weighted by molar-refractivity contribution is 5.45. The lowest BCUT2D eigenvalue weighted by atomic mass is 9.77. The molecular weight excluding hydrogens is 256 g/mol. The minimum absolute atomic E-state index is 0.0171. The van der Waals surface area contributed by atoms with E-state index in [1.165, 1.54) is 16.7 Å². The molecule has 2 aromatic rings. The van der Waals surface area contributed by atoms with Gasteiger partial charge in [-0.25, -0.2) is 0 Å². The monoisotopic (exact) mass is 280 g/mol. The van der Waals surface area contributed by atoms with Crippen LogP contribution in [-0.4, -0.2) is 5.60 Å². The molecule has 0 N–H and O–H groups in total. The minimum Gasteiger partial charge on any atom is -0.488 e. The van der Waals surface area contributed by atoms with Crippen LogP contribution in [0.15, 0.2) is 48.5 Å². The second-order valence-electron chi connectivity index (χ2n) is 7.18. The van der Waals surface area contributed by atoms with Gasteiger partial charge in [-0.1, -0.05) is 56.3 Å².